The van der Waals surface area contributed by atoms with Crippen molar-refractivity contribution in [3.63, 3.8) is 0 Å². The minimum Gasteiger partial charge on any atom is -0.451 e. The lowest BCUT2D eigenvalue weighted by molar-refractivity contribution is -0.168. The lowest BCUT2D eigenvalue weighted by atomic mass is 9.95. The summed E-state index contributed by atoms with van der Waals surface area (Å²) >= 11 is 1.64. The van der Waals surface area contributed by atoms with Gasteiger partial charge in [-0.15, -0.1) is 11.8 Å². The van der Waals surface area contributed by atoms with E-state index in [1.165, 1.54) is 4.80 Å². The molecule has 2 fully saturated rings. The summed E-state index contributed by atoms with van der Waals surface area (Å²) in [6.07, 6.45) is 2.67. The third-order valence-corrected chi connectivity index (χ3v) is 7.32. The predicted octanol–water partition coefficient (Wildman–Crippen LogP) is 2.90. The van der Waals surface area contributed by atoms with Gasteiger partial charge >= 0.3 is 5.97 Å². The summed E-state index contributed by atoms with van der Waals surface area (Å²) < 4.78 is 6.04. The Bertz CT molecular complexity index is 1020. The van der Waals surface area contributed by atoms with Crippen LogP contribution in [-0.2, 0) is 20.9 Å². The Morgan fingerprint density at radius 3 is 2.19 bits per heavy atom. The smallest absolute Gasteiger partial charge is 0.331 e. The summed E-state index contributed by atoms with van der Waals surface area (Å²) in [5, 5.41) is 8.09. The Balaban J connectivity index is 1.35. The zero-order valence-corrected chi connectivity index (χ0v) is 17.8. The average Bonchev–Trinajstić information content (AvgIpc) is 3.43. The van der Waals surface area contributed by atoms with E-state index in [1.54, 1.807) is 29.1 Å². The molecule has 0 aliphatic carbocycles. The van der Waals surface area contributed by atoms with Crippen LogP contribution in [0.3, 0.4) is 0 Å². The molecule has 158 valence electrons. The molecule has 0 radical (unpaired) electrons. The third-order valence-electron chi connectivity index (χ3n) is 5.80. The number of β-lactam (4-membered cyclic amide) rings is 1. The minimum absolute atomic E-state index is 0.0444. The van der Waals surface area contributed by atoms with Crippen LogP contribution in [-0.4, -0.2) is 48.4 Å². The van der Waals surface area contributed by atoms with Crippen LogP contribution < -0.4 is 0 Å². The lowest BCUT2D eigenvalue weighted by Crippen LogP contribution is -2.63. The van der Waals surface area contributed by atoms with Crippen molar-refractivity contribution in [1.82, 2.24) is 19.9 Å². The maximum Gasteiger partial charge on any atom is 0.331 e. The first-order valence-electron chi connectivity index (χ1n) is 10.3. The van der Waals surface area contributed by atoms with Crippen LogP contribution in [0.4, 0.5) is 0 Å². The van der Waals surface area contributed by atoms with E-state index >= 15 is 0 Å². The van der Waals surface area contributed by atoms with Crippen LogP contribution in [0.1, 0.15) is 24.2 Å². The largest absolute Gasteiger partial charge is 0.451 e. The number of amides is 1. The van der Waals surface area contributed by atoms with E-state index in [-0.39, 0.29) is 28.4 Å². The summed E-state index contributed by atoms with van der Waals surface area (Å²) in [7, 11) is 0. The topological polar surface area (TPSA) is 77.3 Å². The maximum atomic E-state index is 13.3. The SMILES string of the molecule is CC1S[C@H]2C(Cn3nccn3)C(=O)N2C1C(=O)OC(c1ccccc1)c1ccccc1. The minimum atomic E-state index is -0.598. The molecule has 3 heterocycles. The Morgan fingerprint density at radius 2 is 1.61 bits per heavy atom. The number of fused-ring (bicyclic) bond motifs is 1. The Kier molecular flexibility index (Phi) is 5.23. The first-order valence-corrected chi connectivity index (χ1v) is 11.2. The number of hydrogen-bond donors (Lipinski definition) is 0. The van der Waals surface area contributed by atoms with Crippen molar-refractivity contribution in [1.29, 1.82) is 0 Å². The molecule has 2 aliphatic rings. The highest BCUT2D eigenvalue weighted by atomic mass is 32.2. The quantitative estimate of drug-likeness (QED) is 0.439. The van der Waals surface area contributed by atoms with Gasteiger partial charge in [-0.2, -0.15) is 15.0 Å². The molecule has 0 N–H and O–H groups in total. The normalized spacial score (nSPS) is 24.7. The van der Waals surface area contributed by atoms with Crippen molar-refractivity contribution in [2.24, 2.45) is 5.92 Å². The summed E-state index contributed by atoms with van der Waals surface area (Å²) in [5.74, 6) is -0.641. The predicted molar refractivity (Wildman–Crippen MR) is 116 cm³/mol. The van der Waals surface area contributed by atoms with Gasteiger partial charge in [0, 0.05) is 5.25 Å². The molecular weight excluding hydrogens is 412 g/mol. The summed E-state index contributed by atoms with van der Waals surface area (Å²) in [6, 6.07) is 18.8. The number of nitrogens with zero attached hydrogens (tertiary/aromatic N) is 4. The number of aromatic nitrogens is 3. The molecule has 0 saturated carbocycles. The molecule has 5 rings (SSSR count). The molecule has 3 unspecified atom stereocenters. The molecule has 3 aromatic rings. The number of thioether (sulfide) groups is 1. The zero-order chi connectivity index (χ0) is 21.4. The van der Waals surface area contributed by atoms with Crippen LogP contribution in [0, 0.1) is 5.92 Å². The summed E-state index contributed by atoms with van der Waals surface area (Å²) in [6.45, 7) is 2.40. The van der Waals surface area contributed by atoms with E-state index in [0.717, 1.165) is 11.1 Å². The Labute approximate surface area is 184 Å². The lowest BCUT2D eigenvalue weighted by Gasteiger charge is -2.43. The van der Waals surface area contributed by atoms with Gasteiger partial charge in [0.05, 0.1) is 30.2 Å². The molecule has 1 aromatic heterocycles. The fourth-order valence-corrected chi connectivity index (χ4v) is 5.87. The van der Waals surface area contributed by atoms with Crippen molar-refractivity contribution in [3.8, 4) is 0 Å². The van der Waals surface area contributed by atoms with E-state index in [4.69, 9.17) is 4.74 Å². The standard InChI is InChI=1S/C23H22N4O3S/c1-15-19(27-21(28)18(22(27)31-15)14-26-24-12-13-25-26)23(29)30-20(16-8-4-2-5-9-16)17-10-6-3-7-11-17/h2-13,15,18-20,22H,14H2,1H3/t15?,18?,19?,22-/m0/s1. The second-order valence-electron chi connectivity index (χ2n) is 7.75. The van der Waals surface area contributed by atoms with E-state index < -0.39 is 12.1 Å². The van der Waals surface area contributed by atoms with Gasteiger partial charge in [-0.05, 0) is 11.1 Å². The van der Waals surface area contributed by atoms with E-state index in [9.17, 15) is 9.59 Å². The van der Waals surface area contributed by atoms with Crippen molar-refractivity contribution >= 4 is 23.6 Å². The van der Waals surface area contributed by atoms with E-state index in [1.807, 2.05) is 67.6 Å². The molecule has 2 aliphatic heterocycles. The van der Waals surface area contributed by atoms with Gasteiger partial charge in [-0.25, -0.2) is 4.79 Å². The molecule has 2 saturated heterocycles. The molecular formula is C23H22N4O3S. The molecule has 7 nitrogen and oxygen atoms in total. The Morgan fingerprint density at radius 1 is 1.03 bits per heavy atom. The number of carbonyl (C=O) groups is 2. The number of carbonyl (C=O) groups excluding carboxylic acids is 2. The monoisotopic (exact) mass is 434 g/mol. The number of hydrogen-bond acceptors (Lipinski definition) is 6. The average molecular weight is 435 g/mol. The van der Waals surface area contributed by atoms with Crippen molar-refractivity contribution in [2.45, 2.75) is 36.2 Å². The van der Waals surface area contributed by atoms with Gasteiger partial charge in [0.2, 0.25) is 5.91 Å². The van der Waals surface area contributed by atoms with E-state index in [2.05, 4.69) is 10.2 Å². The first kappa shape index (κ1) is 19.8. The van der Waals surface area contributed by atoms with Gasteiger partial charge in [0.25, 0.3) is 0 Å². The second kappa shape index (κ2) is 8.19. The molecule has 2 aromatic carbocycles. The highest BCUT2D eigenvalue weighted by Gasteiger charge is 2.60. The Hall–Kier alpha value is -3.13. The van der Waals surface area contributed by atoms with Crippen molar-refractivity contribution in [3.05, 3.63) is 84.2 Å². The zero-order valence-electron chi connectivity index (χ0n) is 16.9. The molecule has 1 amide bonds. The molecule has 0 bridgehead atoms. The number of ether oxygens (including phenoxy) is 1. The van der Waals surface area contributed by atoms with Crippen LogP contribution in [0.25, 0.3) is 0 Å². The summed E-state index contributed by atoms with van der Waals surface area (Å²) in [5.41, 5.74) is 1.80. The van der Waals surface area contributed by atoms with Crippen LogP contribution in [0.2, 0.25) is 0 Å². The van der Waals surface area contributed by atoms with Gasteiger partial charge in [0.15, 0.2) is 6.10 Å². The second-order valence-corrected chi connectivity index (χ2v) is 9.25. The molecule has 0 spiro atoms. The van der Waals surface area contributed by atoms with Gasteiger partial charge < -0.3 is 9.64 Å². The number of esters is 1. The van der Waals surface area contributed by atoms with Gasteiger partial charge in [-0.1, -0.05) is 67.6 Å². The third kappa shape index (κ3) is 3.61. The summed E-state index contributed by atoms with van der Waals surface area (Å²) in [4.78, 5) is 29.4. The number of benzene rings is 2. The van der Waals surface area contributed by atoms with Crippen LogP contribution in [0.5, 0.6) is 0 Å². The van der Waals surface area contributed by atoms with Crippen molar-refractivity contribution in [2.75, 3.05) is 0 Å². The van der Waals surface area contributed by atoms with Crippen LogP contribution >= 0.6 is 11.8 Å². The van der Waals surface area contributed by atoms with Gasteiger partial charge in [-0.3, -0.25) is 4.79 Å². The molecule has 4 atom stereocenters. The molecule has 8 heteroatoms. The van der Waals surface area contributed by atoms with E-state index in [0.29, 0.717) is 6.54 Å². The maximum absolute atomic E-state index is 13.3. The number of rotatable bonds is 6. The fourth-order valence-electron chi connectivity index (χ4n) is 4.28. The first-order chi connectivity index (χ1) is 15.1. The van der Waals surface area contributed by atoms with Gasteiger partial charge in [0.1, 0.15) is 6.04 Å². The molecule has 31 heavy (non-hydrogen) atoms. The van der Waals surface area contributed by atoms with Crippen LogP contribution in [0.15, 0.2) is 73.1 Å². The van der Waals surface area contributed by atoms with Crippen molar-refractivity contribution < 1.29 is 14.3 Å². The highest BCUT2D eigenvalue weighted by Crippen LogP contribution is 2.48. The highest BCUT2D eigenvalue weighted by molar-refractivity contribution is 8.01. The fraction of sp³-hybridized carbons (Fsp3) is 0.304.